The van der Waals surface area contributed by atoms with Crippen LogP contribution < -0.4 is 15.0 Å². The fourth-order valence-electron chi connectivity index (χ4n) is 3.15. The highest BCUT2D eigenvalue weighted by Gasteiger charge is 2.14. The van der Waals surface area contributed by atoms with Gasteiger partial charge in [0.1, 0.15) is 5.75 Å². The van der Waals surface area contributed by atoms with E-state index in [-0.39, 0.29) is 5.91 Å². The van der Waals surface area contributed by atoms with Gasteiger partial charge in [-0.3, -0.25) is 4.79 Å². The van der Waals surface area contributed by atoms with Crippen LogP contribution in [-0.4, -0.2) is 51.1 Å². The van der Waals surface area contributed by atoms with Crippen molar-refractivity contribution in [1.82, 2.24) is 4.90 Å². The summed E-state index contributed by atoms with van der Waals surface area (Å²) in [4.78, 5) is 16.9. The van der Waals surface area contributed by atoms with E-state index in [9.17, 15) is 4.79 Å². The van der Waals surface area contributed by atoms with Gasteiger partial charge in [-0.05, 0) is 56.4 Å². The summed E-state index contributed by atoms with van der Waals surface area (Å²) in [5.41, 5.74) is 3.99. The fraction of sp³-hybridized carbons (Fsp3) is 0.318. The van der Waals surface area contributed by atoms with Crippen LogP contribution >= 0.6 is 0 Å². The molecule has 2 aromatic rings. The van der Waals surface area contributed by atoms with Crippen LogP contribution in [0.15, 0.2) is 48.5 Å². The number of hydrogen-bond donors (Lipinski definition) is 1. The molecule has 2 aromatic carbocycles. The van der Waals surface area contributed by atoms with Crippen LogP contribution in [-0.2, 0) is 4.79 Å². The van der Waals surface area contributed by atoms with Crippen LogP contribution in [0.25, 0.3) is 6.08 Å². The van der Waals surface area contributed by atoms with Crippen LogP contribution in [0.1, 0.15) is 11.1 Å². The lowest BCUT2D eigenvalue weighted by atomic mass is 10.1. The first kappa shape index (κ1) is 19.0. The predicted octanol–water partition coefficient (Wildman–Crippen LogP) is 3.41. The van der Waals surface area contributed by atoms with Crippen molar-refractivity contribution in [2.24, 2.45) is 0 Å². The maximum atomic E-state index is 12.2. The van der Waals surface area contributed by atoms with Crippen LogP contribution in [0.2, 0.25) is 0 Å². The number of piperazine rings is 1. The number of anilines is 2. The molecular weight excluding hydrogens is 338 g/mol. The zero-order valence-electron chi connectivity index (χ0n) is 16.2. The highest BCUT2D eigenvalue weighted by Crippen LogP contribution is 2.22. The quantitative estimate of drug-likeness (QED) is 0.825. The Kier molecular flexibility index (Phi) is 6.14. The lowest BCUT2D eigenvalue weighted by Gasteiger charge is -2.34. The van der Waals surface area contributed by atoms with Crippen molar-refractivity contribution in [3.05, 3.63) is 59.7 Å². The number of benzene rings is 2. The Balaban J connectivity index is 1.60. The number of hydrogen-bond acceptors (Lipinski definition) is 4. The Morgan fingerprint density at radius 1 is 1.07 bits per heavy atom. The van der Waals surface area contributed by atoms with Crippen LogP contribution in [0.5, 0.6) is 5.75 Å². The molecule has 1 amide bonds. The average molecular weight is 365 g/mol. The lowest BCUT2D eigenvalue weighted by molar-refractivity contribution is -0.111. The summed E-state index contributed by atoms with van der Waals surface area (Å²) in [6, 6.07) is 13.9. The number of nitrogens with one attached hydrogen (secondary N) is 1. The third-order valence-corrected chi connectivity index (χ3v) is 4.80. The zero-order valence-corrected chi connectivity index (χ0v) is 16.2. The largest absolute Gasteiger partial charge is 0.496 e. The van der Waals surface area contributed by atoms with Crippen molar-refractivity contribution in [2.45, 2.75) is 6.92 Å². The molecule has 0 bridgehead atoms. The summed E-state index contributed by atoms with van der Waals surface area (Å²) in [6.45, 7) is 6.22. The van der Waals surface area contributed by atoms with Gasteiger partial charge in [-0.1, -0.05) is 11.6 Å². The van der Waals surface area contributed by atoms with Crippen molar-refractivity contribution in [3.63, 3.8) is 0 Å². The third-order valence-electron chi connectivity index (χ3n) is 4.80. The summed E-state index contributed by atoms with van der Waals surface area (Å²) in [5.74, 6) is 0.590. The second-order valence-corrected chi connectivity index (χ2v) is 6.91. The molecule has 5 nitrogen and oxygen atoms in total. The molecule has 27 heavy (non-hydrogen) atoms. The highest BCUT2D eigenvalue weighted by molar-refractivity contribution is 6.02. The normalized spacial score (nSPS) is 15.1. The molecule has 0 atom stereocenters. The second-order valence-electron chi connectivity index (χ2n) is 6.91. The number of nitrogens with zero attached hydrogens (tertiary/aromatic N) is 2. The first-order valence-electron chi connectivity index (χ1n) is 9.22. The SMILES string of the molecule is COc1ccc(C)cc1/C=C/C(=O)Nc1ccc(N2CCN(C)CC2)cc1. The average Bonchev–Trinajstić information content (AvgIpc) is 2.68. The van der Waals surface area contributed by atoms with Crippen LogP contribution in [0.3, 0.4) is 0 Å². The molecule has 0 radical (unpaired) electrons. The molecule has 0 aliphatic carbocycles. The highest BCUT2D eigenvalue weighted by atomic mass is 16.5. The Labute approximate surface area is 161 Å². The van der Waals surface area contributed by atoms with E-state index in [0.717, 1.165) is 48.7 Å². The number of ether oxygens (including phenoxy) is 1. The van der Waals surface area contributed by atoms with E-state index in [0.29, 0.717) is 0 Å². The first-order chi connectivity index (χ1) is 13.0. The molecule has 0 spiro atoms. The van der Waals surface area contributed by atoms with E-state index < -0.39 is 0 Å². The van der Waals surface area contributed by atoms with Crippen LogP contribution in [0, 0.1) is 6.92 Å². The molecule has 1 N–H and O–H groups in total. The van der Waals surface area contributed by atoms with E-state index >= 15 is 0 Å². The van der Waals surface area contributed by atoms with Gasteiger partial charge in [-0.25, -0.2) is 0 Å². The molecule has 5 heteroatoms. The molecule has 1 aliphatic rings. The maximum Gasteiger partial charge on any atom is 0.248 e. The molecule has 1 aliphatic heterocycles. The van der Waals surface area contributed by atoms with Gasteiger partial charge >= 0.3 is 0 Å². The van der Waals surface area contributed by atoms with Gasteiger partial charge in [-0.15, -0.1) is 0 Å². The van der Waals surface area contributed by atoms with E-state index in [2.05, 4.69) is 34.3 Å². The number of amides is 1. The summed E-state index contributed by atoms with van der Waals surface area (Å²) < 4.78 is 5.34. The van der Waals surface area contributed by atoms with E-state index in [1.165, 1.54) is 11.8 Å². The molecule has 3 rings (SSSR count). The Morgan fingerprint density at radius 2 is 1.78 bits per heavy atom. The Hall–Kier alpha value is -2.79. The summed E-state index contributed by atoms with van der Waals surface area (Å²) in [6.07, 6.45) is 3.31. The van der Waals surface area contributed by atoms with Crippen molar-refractivity contribution >= 4 is 23.4 Å². The van der Waals surface area contributed by atoms with Crippen LogP contribution in [0.4, 0.5) is 11.4 Å². The van der Waals surface area contributed by atoms with Crippen molar-refractivity contribution in [1.29, 1.82) is 0 Å². The molecule has 0 aromatic heterocycles. The standard InChI is InChI=1S/C22H27N3O2/c1-17-4-10-21(27-3)18(16-17)5-11-22(26)23-19-6-8-20(9-7-19)25-14-12-24(2)13-15-25/h4-11,16H,12-15H2,1-3H3,(H,23,26)/b11-5+. The Bertz CT molecular complexity index is 807. The predicted molar refractivity (Wildman–Crippen MR) is 112 cm³/mol. The lowest BCUT2D eigenvalue weighted by Crippen LogP contribution is -2.44. The van der Waals surface area contributed by atoms with Crippen molar-refractivity contribution < 1.29 is 9.53 Å². The molecule has 1 saturated heterocycles. The van der Waals surface area contributed by atoms with Gasteiger partial charge < -0.3 is 19.9 Å². The molecule has 1 fully saturated rings. The van der Waals surface area contributed by atoms with Gasteiger partial charge in [0, 0.05) is 49.2 Å². The third kappa shape index (κ3) is 5.11. The molecule has 1 heterocycles. The monoisotopic (exact) mass is 365 g/mol. The number of likely N-dealkylation sites (N-methyl/N-ethyl adjacent to an activating group) is 1. The summed E-state index contributed by atoms with van der Waals surface area (Å²) in [7, 11) is 3.78. The molecular formula is C22H27N3O2. The Morgan fingerprint density at radius 3 is 2.44 bits per heavy atom. The van der Waals surface area contributed by atoms with E-state index in [4.69, 9.17) is 4.74 Å². The van der Waals surface area contributed by atoms with Gasteiger partial charge in [0.15, 0.2) is 0 Å². The minimum Gasteiger partial charge on any atom is -0.496 e. The molecule has 142 valence electrons. The summed E-state index contributed by atoms with van der Waals surface area (Å²) in [5, 5.41) is 2.91. The topological polar surface area (TPSA) is 44.8 Å². The zero-order chi connectivity index (χ0) is 19.2. The maximum absolute atomic E-state index is 12.2. The fourth-order valence-corrected chi connectivity index (χ4v) is 3.15. The minimum atomic E-state index is -0.161. The van der Waals surface area contributed by atoms with Gasteiger partial charge in [0.05, 0.1) is 7.11 Å². The number of rotatable bonds is 5. The number of aryl methyl sites for hydroxylation is 1. The smallest absolute Gasteiger partial charge is 0.248 e. The number of carbonyl (C=O) groups is 1. The minimum absolute atomic E-state index is 0.161. The molecule has 0 saturated carbocycles. The van der Waals surface area contributed by atoms with Gasteiger partial charge in [0.25, 0.3) is 0 Å². The van der Waals surface area contributed by atoms with Crippen molar-refractivity contribution in [2.75, 3.05) is 50.6 Å². The first-order valence-corrected chi connectivity index (χ1v) is 9.22. The van der Waals surface area contributed by atoms with Gasteiger partial charge in [-0.2, -0.15) is 0 Å². The second kappa shape index (κ2) is 8.73. The molecule has 0 unspecified atom stereocenters. The number of methoxy groups -OCH3 is 1. The van der Waals surface area contributed by atoms with Crippen molar-refractivity contribution in [3.8, 4) is 5.75 Å². The summed E-state index contributed by atoms with van der Waals surface area (Å²) >= 11 is 0. The van der Waals surface area contributed by atoms with Gasteiger partial charge in [0.2, 0.25) is 5.91 Å². The van der Waals surface area contributed by atoms with E-state index in [1.54, 1.807) is 13.2 Å². The van der Waals surface area contributed by atoms with E-state index in [1.807, 2.05) is 37.3 Å². The number of carbonyl (C=O) groups excluding carboxylic acids is 1.